The summed E-state index contributed by atoms with van der Waals surface area (Å²) >= 11 is 0. The molecule has 2 rings (SSSR count). The highest BCUT2D eigenvalue weighted by atomic mass is 32.2. The molecule has 1 aromatic rings. The summed E-state index contributed by atoms with van der Waals surface area (Å²) in [7, 11) is -1.58. The normalized spacial score (nSPS) is 28.4. The molecule has 1 fully saturated rings. The molecule has 0 aromatic heterocycles. The zero-order valence-corrected chi connectivity index (χ0v) is 13.5. The van der Waals surface area contributed by atoms with E-state index in [9.17, 15) is 8.42 Å². The number of ether oxygens (including phenoxy) is 2. The molecule has 2 N–H and O–H groups in total. The maximum absolute atomic E-state index is 12.1. The van der Waals surface area contributed by atoms with Crippen molar-refractivity contribution in [3.8, 4) is 5.75 Å². The molecule has 0 amide bonds. The number of nitrogens with two attached hydrogens (primary N) is 1. The van der Waals surface area contributed by atoms with Crippen molar-refractivity contribution in [2.24, 2.45) is 11.1 Å². The van der Waals surface area contributed by atoms with Gasteiger partial charge in [0.05, 0.1) is 19.0 Å². The van der Waals surface area contributed by atoms with Crippen LogP contribution in [0.3, 0.4) is 0 Å². The van der Waals surface area contributed by atoms with E-state index >= 15 is 0 Å². The van der Waals surface area contributed by atoms with Crippen molar-refractivity contribution in [1.29, 1.82) is 0 Å². The maximum Gasteiger partial charge on any atom is 0.151 e. The van der Waals surface area contributed by atoms with Gasteiger partial charge in [0.25, 0.3) is 0 Å². The molecule has 0 saturated heterocycles. The van der Waals surface area contributed by atoms with Crippen molar-refractivity contribution in [3.63, 3.8) is 0 Å². The molecule has 0 heterocycles. The van der Waals surface area contributed by atoms with Crippen LogP contribution in [-0.2, 0) is 14.6 Å². The van der Waals surface area contributed by atoms with Gasteiger partial charge < -0.3 is 15.2 Å². The summed E-state index contributed by atoms with van der Waals surface area (Å²) in [6.45, 7) is 3.11. The Bertz CT molecular complexity index is 584. The molecule has 0 bridgehead atoms. The van der Waals surface area contributed by atoms with Gasteiger partial charge in [-0.05, 0) is 24.6 Å². The topological polar surface area (TPSA) is 78.6 Å². The zero-order valence-electron chi connectivity index (χ0n) is 12.7. The highest BCUT2D eigenvalue weighted by Gasteiger charge is 2.69. The number of sulfone groups is 1. The van der Waals surface area contributed by atoms with E-state index in [1.54, 1.807) is 7.11 Å². The van der Waals surface area contributed by atoms with Crippen molar-refractivity contribution in [2.75, 3.05) is 33.1 Å². The van der Waals surface area contributed by atoms with Gasteiger partial charge in [0, 0.05) is 30.7 Å². The summed E-state index contributed by atoms with van der Waals surface area (Å²) in [5, 5.41) is -0.477. The molecule has 21 heavy (non-hydrogen) atoms. The Labute approximate surface area is 126 Å². The molecule has 1 aromatic carbocycles. The van der Waals surface area contributed by atoms with Crippen molar-refractivity contribution in [1.82, 2.24) is 0 Å². The number of hydrogen-bond donors (Lipinski definition) is 1. The molecule has 3 atom stereocenters. The van der Waals surface area contributed by atoms with E-state index < -0.39 is 20.5 Å². The van der Waals surface area contributed by atoms with Crippen LogP contribution in [0.25, 0.3) is 0 Å². The SMILES string of the molecule is CCOC[C@]1(CN)[C@H](c2ccc(OC)cc2)[C@H]1S(C)(=O)=O. The van der Waals surface area contributed by atoms with Gasteiger partial charge in [-0.3, -0.25) is 0 Å². The van der Waals surface area contributed by atoms with Gasteiger partial charge in [0.2, 0.25) is 0 Å². The second-order valence-corrected chi connectivity index (χ2v) is 7.74. The monoisotopic (exact) mass is 313 g/mol. The van der Waals surface area contributed by atoms with E-state index in [1.165, 1.54) is 6.26 Å². The fourth-order valence-electron chi connectivity index (χ4n) is 3.21. The van der Waals surface area contributed by atoms with Crippen LogP contribution in [0.5, 0.6) is 5.75 Å². The quantitative estimate of drug-likeness (QED) is 0.818. The predicted molar refractivity (Wildman–Crippen MR) is 82.3 cm³/mol. The minimum absolute atomic E-state index is 0.116. The van der Waals surface area contributed by atoms with E-state index in [4.69, 9.17) is 15.2 Å². The minimum atomic E-state index is -3.18. The average Bonchev–Trinajstić information content (AvgIpc) is 3.15. The van der Waals surface area contributed by atoms with Gasteiger partial charge in [-0.2, -0.15) is 0 Å². The van der Waals surface area contributed by atoms with E-state index in [0.29, 0.717) is 19.8 Å². The molecule has 0 radical (unpaired) electrons. The highest BCUT2D eigenvalue weighted by molar-refractivity contribution is 7.91. The van der Waals surface area contributed by atoms with Gasteiger partial charge in [0.1, 0.15) is 5.75 Å². The summed E-state index contributed by atoms with van der Waals surface area (Å²) < 4.78 is 34.8. The molecule has 0 aliphatic heterocycles. The Hall–Kier alpha value is -1.11. The summed E-state index contributed by atoms with van der Waals surface area (Å²) in [5.74, 6) is 0.633. The fourth-order valence-corrected chi connectivity index (χ4v) is 5.22. The molecule has 5 nitrogen and oxygen atoms in total. The van der Waals surface area contributed by atoms with Crippen molar-refractivity contribution < 1.29 is 17.9 Å². The van der Waals surface area contributed by atoms with Gasteiger partial charge in [-0.15, -0.1) is 0 Å². The fraction of sp³-hybridized carbons (Fsp3) is 0.600. The van der Waals surface area contributed by atoms with E-state index in [0.717, 1.165) is 11.3 Å². The number of hydrogen-bond acceptors (Lipinski definition) is 5. The first-order valence-corrected chi connectivity index (χ1v) is 8.96. The van der Waals surface area contributed by atoms with E-state index in [1.807, 2.05) is 31.2 Å². The van der Waals surface area contributed by atoms with Crippen LogP contribution in [0.4, 0.5) is 0 Å². The molecule has 0 spiro atoms. The molecule has 1 aliphatic rings. The second kappa shape index (κ2) is 5.94. The Balaban J connectivity index is 2.34. The Morgan fingerprint density at radius 2 is 1.90 bits per heavy atom. The molecule has 6 heteroatoms. The Morgan fingerprint density at radius 1 is 1.29 bits per heavy atom. The van der Waals surface area contributed by atoms with Gasteiger partial charge >= 0.3 is 0 Å². The molecule has 1 saturated carbocycles. The summed E-state index contributed by atoms with van der Waals surface area (Å²) in [4.78, 5) is 0. The van der Waals surface area contributed by atoms with E-state index in [2.05, 4.69) is 0 Å². The molecular weight excluding hydrogens is 290 g/mol. The lowest BCUT2D eigenvalue weighted by atomic mass is 10.00. The van der Waals surface area contributed by atoms with Crippen LogP contribution < -0.4 is 10.5 Å². The van der Waals surface area contributed by atoms with Crippen molar-refractivity contribution in [2.45, 2.75) is 18.1 Å². The summed E-state index contributed by atoms with van der Waals surface area (Å²) in [6.07, 6.45) is 1.28. The van der Waals surface area contributed by atoms with Crippen LogP contribution in [0.1, 0.15) is 18.4 Å². The number of methoxy groups -OCH3 is 1. The lowest BCUT2D eigenvalue weighted by Crippen LogP contribution is -2.28. The van der Waals surface area contributed by atoms with E-state index in [-0.39, 0.29) is 5.92 Å². The number of benzene rings is 1. The lowest BCUT2D eigenvalue weighted by Gasteiger charge is -2.15. The number of rotatable bonds is 7. The van der Waals surface area contributed by atoms with Gasteiger partial charge in [-0.25, -0.2) is 8.42 Å². The molecule has 1 aliphatic carbocycles. The smallest absolute Gasteiger partial charge is 0.151 e. The van der Waals surface area contributed by atoms with Crippen molar-refractivity contribution in [3.05, 3.63) is 29.8 Å². The first-order valence-electron chi connectivity index (χ1n) is 7.01. The zero-order chi connectivity index (χ0) is 15.7. The summed E-state index contributed by atoms with van der Waals surface area (Å²) in [6, 6.07) is 7.50. The first kappa shape index (κ1) is 16.3. The molecule has 0 unspecified atom stereocenters. The molecule has 118 valence electrons. The molecular formula is C15H23NO4S. The highest BCUT2D eigenvalue weighted by Crippen LogP contribution is 2.62. The third-order valence-electron chi connectivity index (χ3n) is 4.27. The van der Waals surface area contributed by atoms with Gasteiger partial charge in [0.15, 0.2) is 9.84 Å². The minimum Gasteiger partial charge on any atom is -0.497 e. The lowest BCUT2D eigenvalue weighted by molar-refractivity contribution is 0.101. The maximum atomic E-state index is 12.1. The largest absolute Gasteiger partial charge is 0.497 e. The Morgan fingerprint density at radius 3 is 2.33 bits per heavy atom. The van der Waals surface area contributed by atoms with Crippen LogP contribution in [0, 0.1) is 5.41 Å². The van der Waals surface area contributed by atoms with Gasteiger partial charge in [-0.1, -0.05) is 12.1 Å². The summed E-state index contributed by atoms with van der Waals surface area (Å²) in [5.41, 5.74) is 6.36. The Kier molecular flexibility index (Phi) is 4.60. The third-order valence-corrected chi connectivity index (χ3v) is 5.93. The average molecular weight is 313 g/mol. The third kappa shape index (κ3) is 2.93. The predicted octanol–water partition coefficient (Wildman–Crippen LogP) is 1.19. The van der Waals surface area contributed by atoms with Crippen LogP contribution in [0.2, 0.25) is 0 Å². The second-order valence-electron chi connectivity index (χ2n) is 5.58. The van der Waals surface area contributed by atoms with Crippen molar-refractivity contribution >= 4 is 9.84 Å². The first-order chi connectivity index (χ1) is 9.90. The van der Waals surface area contributed by atoms with Crippen LogP contribution >= 0.6 is 0 Å². The van der Waals surface area contributed by atoms with Crippen LogP contribution in [0.15, 0.2) is 24.3 Å². The van der Waals surface area contributed by atoms with Crippen LogP contribution in [-0.4, -0.2) is 46.8 Å². The standard InChI is InChI=1S/C15H23NO4S/c1-4-20-10-15(9-16)13(14(15)21(3,17)18)11-5-7-12(19-2)8-6-11/h5-8,13-14H,4,9-10,16H2,1-3H3/t13-,14-,15-/m1/s1.